The molecule has 4 aromatic rings. The first-order valence-corrected chi connectivity index (χ1v) is 8.42. The Kier molecular flexibility index (Phi) is 4.37. The predicted molar refractivity (Wildman–Crippen MR) is 104 cm³/mol. The summed E-state index contributed by atoms with van der Waals surface area (Å²) in [5.74, 6) is -0.613. The number of nitrogens with zero attached hydrogens (tertiary/aromatic N) is 2. The van der Waals surface area contributed by atoms with Gasteiger partial charge in [0.15, 0.2) is 5.69 Å². The predicted octanol–water partition coefficient (Wildman–Crippen LogP) is 3.84. The second-order valence-electron chi connectivity index (χ2n) is 5.88. The fourth-order valence-electron chi connectivity index (χ4n) is 2.79. The zero-order valence-electron chi connectivity index (χ0n) is 14.3. The number of carbonyl (C=O) groups excluding carboxylic acids is 2. The van der Waals surface area contributed by atoms with Crippen LogP contribution in [0, 0.1) is 0 Å². The number of aromatic nitrogens is 2. The van der Waals surface area contributed by atoms with Gasteiger partial charge in [0.1, 0.15) is 0 Å². The van der Waals surface area contributed by atoms with Gasteiger partial charge in [0.2, 0.25) is 5.82 Å². The zero-order chi connectivity index (χ0) is 18.6. The number of rotatable bonds is 4. The van der Waals surface area contributed by atoms with Gasteiger partial charge >= 0.3 is 0 Å². The molecule has 0 unspecified atom stereocenters. The smallest absolute Gasteiger partial charge is 0.292 e. The van der Waals surface area contributed by atoms with Crippen LogP contribution in [-0.4, -0.2) is 21.2 Å². The second kappa shape index (κ2) is 7.13. The summed E-state index contributed by atoms with van der Waals surface area (Å²) >= 11 is 0. The number of imidazole rings is 1. The standard InChI is InChI=1S/C21H16N4O2/c26-20(22-15-9-3-1-4-10-15)18-17-13-7-8-14-25(17)19(24-18)21(27)23-16-11-5-2-6-12-16/h1-14H,(H,22,26)(H,23,27). The number of amides is 2. The van der Waals surface area contributed by atoms with Crippen molar-refractivity contribution in [2.24, 2.45) is 0 Å². The summed E-state index contributed by atoms with van der Waals surface area (Å²) in [6, 6.07) is 23.6. The van der Waals surface area contributed by atoms with Crippen molar-refractivity contribution >= 4 is 28.7 Å². The average molecular weight is 356 g/mol. The number of pyridine rings is 1. The normalized spacial score (nSPS) is 10.5. The summed E-state index contributed by atoms with van der Waals surface area (Å²) in [6.45, 7) is 0. The van der Waals surface area contributed by atoms with E-state index in [4.69, 9.17) is 0 Å². The molecule has 0 atom stereocenters. The van der Waals surface area contributed by atoms with Gasteiger partial charge in [0.05, 0.1) is 5.52 Å². The van der Waals surface area contributed by atoms with Crippen LogP contribution in [0.4, 0.5) is 11.4 Å². The lowest BCUT2D eigenvalue weighted by Crippen LogP contribution is -2.16. The Morgan fingerprint density at radius 3 is 1.89 bits per heavy atom. The van der Waals surface area contributed by atoms with Gasteiger partial charge in [0.25, 0.3) is 11.8 Å². The molecule has 0 radical (unpaired) electrons. The van der Waals surface area contributed by atoms with E-state index in [0.29, 0.717) is 16.9 Å². The van der Waals surface area contributed by atoms with E-state index in [-0.39, 0.29) is 23.3 Å². The molecule has 2 aromatic heterocycles. The quantitative estimate of drug-likeness (QED) is 0.583. The maximum atomic E-state index is 12.7. The lowest BCUT2D eigenvalue weighted by molar-refractivity contribution is 0.101. The average Bonchev–Trinajstić information content (AvgIpc) is 3.09. The third-order valence-electron chi connectivity index (χ3n) is 4.03. The highest BCUT2D eigenvalue weighted by atomic mass is 16.2. The van der Waals surface area contributed by atoms with Gasteiger partial charge in [-0.1, -0.05) is 42.5 Å². The molecule has 0 aliphatic carbocycles. The van der Waals surface area contributed by atoms with Gasteiger partial charge in [-0.2, -0.15) is 0 Å². The maximum Gasteiger partial charge on any atom is 0.292 e. The van der Waals surface area contributed by atoms with Crippen molar-refractivity contribution in [1.29, 1.82) is 0 Å². The molecule has 0 fully saturated rings. The molecule has 0 aliphatic heterocycles. The first-order valence-electron chi connectivity index (χ1n) is 8.42. The number of anilines is 2. The molecule has 0 spiro atoms. The molecular weight excluding hydrogens is 340 g/mol. The Morgan fingerprint density at radius 2 is 1.26 bits per heavy atom. The second-order valence-corrected chi connectivity index (χ2v) is 5.88. The largest absolute Gasteiger partial charge is 0.321 e. The minimum absolute atomic E-state index is 0.146. The van der Waals surface area contributed by atoms with E-state index in [9.17, 15) is 9.59 Å². The summed E-state index contributed by atoms with van der Waals surface area (Å²) in [6.07, 6.45) is 1.71. The molecule has 6 nitrogen and oxygen atoms in total. The maximum absolute atomic E-state index is 12.7. The van der Waals surface area contributed by atoms with E-state index in [1.165, 1.54) is 0 Å². The number of benzene rings is 2. The Bertz CT molecular complexity index is 1020. The molecule has 6 heteroatoms. The lowest BCUT2D eigenvalue weighted by Gasteiger charge is -2.03. The molecule has 2 N–H and O–H groups in total. The number of fused-ring (bicyclic) bond motifs is 1. The fraction of sp³-hybridized carbons (Fsp3) is 0. The van der Waals surface area contributed by atoms with Gasteiger partial charge in [-0.05, 0) is 36.4 Å². The van der Waals surface area contributed by atoms with Crippen molar-refractivity contribution in [3.8, 4) is 0 Å². The van der Waals surface area contributed by atoms with Crippen LogP contribution in [0.15, 0.2) is 85.1 Å². The van der Waals surface area contributed by atoms with Crippen molar-refractivity contribution in [2.45, 2.75) is 0 Å². The van der Waals surface area contributed by atoms with Crippen LogP contribution in [0.5, 0.6) is 0 Å². The molecule has 2 heterocycles. The Labute approximate surface area is 155 Å². The van der Waals surface area contributed by atoms with Crippen LogP contribution in [0.3, 0.4) is 0 Å². The highest BCUT2D eigenvalue weighted by Crippen LogP contribution is 2.17. The summed E-state index contributed by atoms with van der Waals surface area (Å²) in [4.78, 5) is 29.7. The lowest BCUT2D eigenvalue weighted by atomic mass is 10.3. The molecule has 0 bridgehead atoms. The number of carbonyl (C=O) groups is 2. The van der Waals surface area contributed by atoms with Crippen LogP contribution in [0.2, 0.25) is 0 Å². The fourth-order valence-corrected chi connectivity index (χ4v) is 2.79. The summed E-state index contributed by atoms with van der Waals surface area (Å²) in [5, 5.41) is 5.60. The Morgan fingerprint density at radius 1 is 0.704 bits per heavy atom. The monoisotopic (exact) mass is 356 g/mol. The van der Waals surface area contributed by atoms with Crippen molar-refractivity contribution in [2.75, 3.05) is 10.6 Å². The highest BCUT2D eigenvalue weighted by Gasteiger charge is 2.21. The van der Waals surface area contributed by atoms with E-state index in [2.05, 4.69) is 15.6 Å². The number of para-hydroxylation sites is 2. The van der Waals surface area contributed by atoms with Crippen LogP contribution in [0.1, 0.15) is 21.1 Å². The number of nitrogens with one attached hydrogen (secondary N) is 2. The van der Waals surface area contributed by atoms with E-state index < -0.39 is 0 Å². The van der Waals surface area contributed by atoms with E-state index in [1.54, 1.807) is 53.1 Å². The zero-order valence-corrected chi connectivity index (χ0v) is 14.3. The molecule has 27 heavy (non-hydrogen) atoms. The minimum atomic E-state index is -0.388. The molecule has 2 aromatic carbocycles. The number of hydrogen-bond donors (Lipinski definition) is 2. The van der Waals surface area contributed by atoms with Crippen LogP contribution in [-0.2, 0) is 0 Å². The molecule has 0 saturated heterocycles. The first-order chi connectivity index (χ1) is 13.2. The topological polar surface area (TPSA) is 75.5 Å². The third kappa shape index (κ3) is 3.41. The third-order valence-corrected chi connectivity index (χ3v) is 4.03. The van der Waals surface area contributed by atoms with Gasteiger partial charge in [0, 0.05) is 17.6 Å². The molecular formula is C21H16N4O2. The van der Waals surface area contributed by atoms with Crippen LogP contribution in [0.25, 0.3) is 5.52 Å². The van der Waals surface area contributed by atoms with Crippen LogP contribution >= 0.6 is 0 Å². The van der Waals surface area contributed by atoms with Gasteiger partial charge in [-0.3, -0.25) is 14.0 Å². The summed E-state index contributed by atoms with van der Waals surface area (Å²) in [5.41, 5.74) is 2.07. The molecule has 2 amide bonds. The van der Waals surface area contributed by atoms with Crippen molar-refractivity contribution in [1.82, 2.24) is 9.38 Å². The van der Waals surface area contributed by atoms with Crippen molar-refractivity contribution in [3.05, 3.63) is 96.6 Å². The first kappa shape index (κ1) is 16.5. The highest BCUT2D eigenvalue weighted by molar-refractivity contribution is 6.10. The van der Waals surface area contributed by atoms with Gasteiger partial charge in [-0.25, -0.2) is 4.98 Å². The summed E-state index contributed by atoms with van der Waals surface area (Å²) < 4.78 is 1.61. The SMILES string of the molecule is O=C(Nc1ccccc1)c1nc(C(=O)Nc2ccccc2)n2ccccc12. The molecule has 4 rings (SSSR count). The van der Waals surface area contributed by atoms with Crippen molar-refractivity contribution < 1.29 is 9.59 Å². The van der Waals surface area contributed by atoms with Gasteiger partial charge in [-0.15, -0.1) is 0 Å². The Hall–Kier alpha value is -3.93. The number of hydrogen-bond acceptors (Lipinski definition) is 3. The Balaban J connectivity index is 1.68. The minimum Gasteiger partial charge on any atom is -0.321 e. The summed E-state index contributed by atoms with van der Waals surface area (Å²) in [7, 11) is 0. The molecule has 0 saturated carbocycles. The molecule has 0 aliphatic rings. The van der Waals surface area contributed by atoms with E-state index >= 15 is 0 Å². The molecule has 132 valence electrons. The van der Waals surface area contributed by atoms with E-state index in [0.717, 1.165) is 0 Å². The van der Waals surface area contributed by atoms with Crippen LogP contribution < -0.4 is 10.6 Å². The van der Waals surface area contributed by atoms with Crippen molar-refractivity contribution in [3.63, 3.8) is 0 Å². The van der Waals surface area contributed by atoms with E-state index in [1.807, 2.05) is 36.4 Å². The van der Waals surface area contributed by atoms with Gasteiger partial charge < -0.3 is 10.6 Å².